The van der Waals surface area contributed by atoms with Crippen molar-refractivity contribution in [1.82, 2.24) is 14.9 Å². The van der Waals surface area contributed by atoms with Gasteiger partial charge < -0.3 is 9.80 Å². The molecule has 0 N–H and O–H groups in total. The molecule has 0 aromatic carbocycles. The largest absolute Gasteiger partial charge is 0.322 e. The second kappa shape index (κ2) is 6.45. The first-order chi connectivity index (χ1) is 10.3. The highest BCUT2D eigenvalue weighted by molar-refractivity contribution is 7.99. The van der Waals surface area contributed by atoms with Crippen LogP contribution in [-0.4, -0.2) is 41.0 Å². The van der Waals surface area contributed by atoms with Crippen molar-refractivity contribution < 1.29 is 0 Å². The highest BCUT2D eigenvalue weighted by atomic mass is 32.2. The van der Waals surface area contributed by atoms with E-state index in [9.17, 15) is 0 Å². The third-order valence-corrected chi connectivity index (χ3v) is 4.84. The molecular formula is C16H20N4S. The number of nitrogens with zero attached hydrogens (tertiary/aromatic N) is 4. The Kier molecular flexibility index (Phi) is 4.41. The van der Waals surface area contributed by atoms with E-state index in [4.69, 9.17) is 0 Å². The van der Waals surface area contributed by atoms with E-state index in [1.807, 2.05) is 24.5 Å². The molecule has 21 heavy (non-hydrogen) atoms. The summed E-state index contributed by atoms with van der Waals surface area (Å²) < 4.78 is 0. The van der Waals surface area contributed by atoms with Gasteiger partial charge in [0.25, 0.3) is 0 Å². The lowest BCUT2D eigenvalue weighted by molar-refractivity contribution is 0.311. The molecule has 2 aromatic heterocycles. The average molecular weight is 300 g/mol. The zero-order valence-electron chi connectivity index (χ0n) is 12.5. The topological polar surface area (TPSA) is 32.3 Å². The first-order valence-corrected chi connectivity index (χ1v) is 8.23. The van der Waals surface area contributed by atoms with E-state index in [0.29, 0.717) is 0 Å². The second-order valence-electron chi connectivity index (χ2n) is 4.93. The summed E-state index contributed by atoms with van der Waals surface area (Å²) in [5.74, 6) is 1.05. The maximum Gasteiger partial charge on any atom is 0.147 e. The molecule has 0 unspecified atom stereocenters. The van der Waals surface area contributed by atoms with Crippen LogP contribution in [0.25, 0.3) is 0 Å². The van der Waals surface area contributed by atoms with Gasteiger partial charge in [0.1, 0.15) is 10.8 Å². The van der Waals surface area contributed by atoms with Gasteiger partial charge in [-0.15, -0.1) is 0 Å². The lowest BCUT2D eigenvalue weighted by atomic mass is 10.3. The van der Waals surface area contributed by atoms with E-state index >= 15 is 0 Å². The van der Waals surface area contributed by atoms with Crippen LogP contribution in [-0.2, 0) is 0 Å². The fraction of sp³-hybridized carbons (Fsp3) is 0.375. The summed E-state index contributed by atoms with van der Waals surface area (Å²) in [5.41, 5.74) is 1.17. The van der Waals surface area contributed by atoms with Gasteiger partial charge in [0.2, 0.25) is 0 Å². The predicted octanol–water partition coefficient (Wildman–Crippen LogP) is 3.42. The smallest absolute Gasteiger partial charge is 0.147 e. The standard InChI is InChI=1S/C16H20N4S/c1-3-19(4-2)11-12-20-13-7-5-10-18-16(13)21-14-8-6-9-17-15(14)20/h5-10H,3-4,11-12H2,1-2H3. The first kappa shape index (κ1) is 14.4. The van der Waals surface area contributed by atoms with Crippen molar-refractivity contribution in [3.05, 3.63) is 36.7 Å². The molecule has 0 saturated heterocycles. The van der Waals surface area contributed by atoms with Crippen LogP contribution in [0.1, 0.15) is 13.8 Å². The quantitative estimate of drug-likeness (QED) is 0.845. The summed E-state index contributed by atoms with van der Waals surface area (Å²) in [7, 11) is 0. The fourth-order valence-electron chi connectivity index (χ4n) is 2.56. The fourth-order valence-corrected chi connectivity index (χ4v) is 3.56. The van der Waals surface area contributed by atoms with Crippen molar-refractivity contribution in [1.29, 1.82) is 0 Å². The summed E-state index contributed by atoms with van der Waals surface area (Å²) in [6.45, 7) is 8.53. The molecule has 0 bridgehead atoms. The van der Waals surface area contributed by atoms with Crippen LogP contribution < -0.4 is 4.90 Å². The number of pyridine rings is 2. The molecule has 5 heteroatoms. The normalized spacial score (nSPS) is 13.2. The van der Waals surface area contributed by atoms with E-state index in [1.54, 1.807) is 11.8 Å². The second-order valence-corrected chi connectivity index (χ2v) is 5.96. The Morgan fingerprint density at radius 2 is 1.86 bits per heavy atom. The molecular weight excluding hydrogens is 280 g/mol. The monoisotopic (exact) mass is 300 g/mol. The van der Waals surface area contributed by atoms with E-state index < -0.39 is 0 Å². The molecule has 3 rings (SSSR count). The molecule has 110 valence electrons. The number of likely N-dealkylation sites (N-methyl/N-ethyl adjacent to an activating group) is 1. The number of aromatic nitrogens is 2. The van der Waals surface area contributed by atoms with Crippen LogP contribution in [0, 0.1) is 0 Å². The minimum atomic E-state index is 0.935. The predicted molar refractivity (Wildman–Crippen MR) is 87.4 cm³/mol. The molecule has 2 aromatic rings. The SMILES string of the molecule is CCN(CC)CCN1c2cccnc2Sc2cccnc21. The van der Waals surface area contributed by atoms with E-state index in [0.717, 1.165) is 37.0 Å². The van der Waals surface area contributed by atoms with Crippen LogP contribution in [0.5, 0.6) is 0 Å². The maximum atomic E-state index is 4.59. The summed E-state index contributed by atoms with van der Waals surface area (Å²) in [6, 6.07) is 8.24. The van der Waals surface area contributed by atoms with Gasteiger partial charge in [0, 0.05) is 25.5 Å². The molecule has 0 amide bonds. The Hall–Kier alpha value is -1.59. The van der Waals surface area contributed by atoms with Crippen molar-refractivity contribution in [2.45, 2.75) is 23.8 Å². The lowest BCUT2D eigenvalue weighted by Crippen LogP contribution is -2.34. The number of hydrogen-bond acceptors (Lipinski definition) is 5. The Morgan fingerprint density at radius 3 is 2.67 bits per heavy atom. The van der Waals surface area contributed by atoms with Gasteiger partial charge in [-0.3, -0.25) is 0 Å². The molecule has 4 nitrogen and oxygen atoms in total. The molecule has 0 saturated carbocycles. The van der Waals surface area contributed by atoms with Crippen LogP contribution in [0.3, 0.4) is 0 Å². The van der Waals surface area contributed by atoms with Gasteiger partial charge in [-0.25, -0.2) is 9.97 Å². The molecule has 3 heterocycles. The van der Waals surface area contributed by atoms with Gasteiger partial charge in [-0.1, -0.05) is 25.6 Å². The molecule has 0 spiro atoms. The van der Waals surface area contributed by atoms with Gasteiger partial charge in [-0.2, -0.15) is 0 Å². The van der Waals surface area contributed by atoms with E-state index in [1.165, 1.54) is 10.6 Å². The third-order valence-electron chi connectivity index (χ3n) is 3.79. The zero-order valence-corrected chi connectivity index (χ0v) is 13.3. The van der Waals surface area contributed by atoms with Crippen molar-refractivity contribution in [2.24, 2.45) is 0 Å². The van der Waals surface area contributed by atoms with Crippen molar-refractivity contribution in [3.8, 4) is 0 Å². The Bertz CT molecular complexity index is 567. The van der Waals surface area contributed by atoms with Gasteiger partial charge in [0.15, 0.2) is 0 Å². The average Bonchev–Trinajstić information content (AvgIpc) is 2.54. The highest BCUT2D eigenvalue weighted by Crippen LogP contribution is 2.45. The van der Waals surface area contributed by atoms with Gasteiger partial charge >= 0.3 is 0 Å². The molecule has 1 aliphatic rings. The summed E-state index contributed by atoms with van der Waals surface area (Å²) in [5, 5.41) is 1.07. The van der Waals surface area contributed by atoms with Crippen LogP contribution in [0.4, 0.5) is 11.5 Å². The van der Waals surface area contributed by atoms with Crippen LogP contribution in [0.15, 0.2) is 46.6 Å². The summed E-state index contributed by atoms with van der Waals surface area (Å²) in [6.07, 6.45) is 3.72. The first-order valence-electron chi connectivity index (χ1n) is 7.41. The van der Waals surface area contributed by atoms with Crippen molar-refractivity contribution in [2.75, 3.05) is 31.1 Å². The Labute approximate surface area is 130 Å². The Balaban J connectivity index is 1.91. The maximum absolute atomic E-state index is 4.59. The van der Waals surface area contributed by atoms with Crippen LogP contribution >= 0.6 is 11.8 Å². The number of anilines is 2. The highest BCUT2D eigenvalue weighted by Gasteiger charge is 2.25. The number of fused-ring (bicyclic) bond motifs is 2. The van der Waals surface area contributed by atoms with Crippen molar-refractivity contribution >= 4 is 23.3 Å². The number of rotatable bonds is 5. The lowest BCUT2D eigenvalue weighted by Gasteiger charge is -2.32. The molecule has 0 atom stereocenters. The third kappa shape index (κ3) is 2.89. The number of hydrogen-bond donors (Lipinski definition) is 0. The van der Waals surface area contributed by atoms with Gasteiger partial charge in [-0.05, 0) is 37.4 Å². The van der Waals surface area contributed by atoms with Crippen LogP contribution in [0.2, 0.25) is 0 Å². The minimum absolute atomic E-state index is 0.935. The van der Waals surface area contributed by atoms with E-state index in [2.05, 4.69) is 45.7 Å². The molecule has 0 radical (unpaired) electrons. The summed E-state index contributed by atoms with van der Waals surface area (Å²) >= 11 is 1.70. The Morgan fingerprint density at radius 1 is 1.10 bits per heavy atom. The van der Waals surface area contributed by atoms with E-state index in [-0.39, 0.29) is 0 Å². The molecule has 0 fully saturated rings. The summed E-state index contributed by atoms with van der Waals surface area (Å²) in [4.78, 5) is 15.0. The minimum Gasteiger partial charge on any atom is -0.322 e. The molecule has 1 aliphatic heterocycles. The van der Waals surface area contributed by atoms with Gasteiger partial charge in [0.05, 0.1) is 10.6 Å². The molecule has 0 aliphatic carbocycles. The zero-order chi connectivity index (χ0) is 14.7. The van der Waals surface area contributed by atoms with Crippen molar-refractivity contribution in [3.63, 3.8) is 0 Å².